The van der Waals surface area contributed by atoms with Crippen LogP contribution in [0.2, 0.25) is 0 Å². The van der Waals surface area contributed by atoms with Crippen LogP contribution in [0.4, 0.5) is 0 Å². The predicted octanol–water partition coefficient (Wildman–Crippen LogP) is 3.16. The van der Waals surface area contributed by atoms with Crippen LogP contribution in [0.15, 0.2) is 29.2 Å². The maximum atomic E-state index is 5.02. The Morgan fingerprint density at radius 2 is 1.83 bits per heavy atom. The number of nitrogens with zero attached hydrogens (tertiary/aromatic N) is 1. The molecule has 0 saturated heterocycles. The van der Waals surface area contributed by atoms with Gasteiger partial charge in [-0.1, -0.05) is 17.4 Å². The van der Waals surface area contributed by atoms with Crippen LogP contribution in [0.5, 0.6) is 0 Å². The minimum atomic E-state index is 0.738. The minimum absolute atomic E-state index is 0.738. The molecule has 2 rings (SSSR count). The third kappa shape index (κ3) is 4.61. The molecule has 1 aromatic rings. The van der Waals surface area contributed by atoms with E-state index in [1.54, 1.807) is 14.2 Å². The molecule has 0 N–H and O–H groups in total. The molecule has 0 heterocycles. The summed E-state index contributed by atoms with van der Waals surface area (Å²) in [6.45, 7) is 0.738. The van der Waals surface area contributed by atoms with E-state index in [0.717, 1.165) is 18.9 Å². The summed E-state index contributed by atoms with van der Waals surface area (Å²) < 4.78 is 0. The molecule has 3 nitrogen and oxygen atoms in total. The Morgan fingerprint density at radius 1 is 1.17 bits per heavy atom. The molecule has 1 saturated carbocycles. The van der Waals surface area contributed by atoms with Crippen molar-refractivity contribution in [2.24, 2.45) is 5.92 Å². The van der Waals surface area contributed by atoms with Gasteiger partial charge in [0.1, 0.15) is 0 Å². The number of hydroxylamine groups is 2. The van der Waals surface area contributed by atoms with E-state index in [9.17, 15) is 0 Å². The van der Waals surface area contributed by atoms with Gasteiger partial charge in [-0.3, -0.25) is 9.68 Å². The van der Waals surface area contributed by atoms with Crippen LogP contribution < -0.4 is 0 Å². The van der Waals surface area contributed by atoms with Crippen molar-refractivity contribution in [3.63, 3.8) is 0 Å². The van der Waals surface area contributed by atoms with Gasteiger partial charge < -0.3 is 0 Å². The first kappa shape index (κ1) is 13.9. The maximum Gasteiger partial charge on any atom is 0.0601 e. The molecule has 0 atom stereocenters. The summed E-state index contributed by atoms with van der Waals surface area (Å²) in [6.07, 6.45) is 3.78. The number of benzene rings is 1. The van der Waals surface area contributed by atoms with Crippen molar-refractivity contribution < 1.29 is 9.68 Å². The van der Waals surface area contributed by atoms with Crippen molar-refractivity contribution in [1.82, 2.24) is 5.23 Å². The molecule has 18 heavy (non-hydrogen) atoms. The van der Waals surface area contributed by atoms with Crippen LogP contribution >= 0.6 is 11.8 Å². The second-order valence-corrected chi connectivity index (χ2v) is 5.66. The first-order valence-corrected chi connectivity index (χ1v) is 7.38. The van der Waals surface area contributed by atoms with Gasteiger partial charge in [-0.25, -0.2) is 0 Å². The van der Waals surface area contributed by atoms with Gasteiger partial charge in [0.05, 0.1) is 20.8 Å². The van der Waals surface area contributed by atoms with Crippen molar-refractivity contribution in [3.05, 3.63) is 29.8 Å². The second-order valence-electron chi connectivity index (χ2n) is 4.57. The van der Waals surface area contributed by atoms with Crippen LogP contribution in [0, 0.1) is 5.92 Å². The lowest BCUT2D eigenvalue weighted by Gasteiger charge is -2.15. The highest BCUT2D eigenvalue weighted by Gasteiger charge is 2.20. The number of hydrogen-bond donors (Lipinski definition) is 0. The van der Waals surface area contributed by atoms with Gasteiger partial charge in [-0.15, -0.1) is 11.8 Å². The van der Waals surface area contributed by atoms with Crippen molar-refractivity contribution in [2.45, 2.75) is 24.2 Å². The second kappa shape index (κ2) is 7.14. The third-order valence-electron chi connectivity index (χ3n) is 3.10. The Labute approximate surface area is 113 Å². The molecule has 1 aliphatic rings. The summed E-state index contributed by atoms with van der Waals surface area (Å²) in [7, 11) is 3.22. The molecule has 1 aliphatic carbocycles. The van der Waals surface area contributed by atoms with Gasteiger partial charge in [0, 0.05) is 10.6 Å². The molecule has 0 aromatic heterocycles. The summed E-state index contributed by atoms with van der Waals surface area (Å²) in [5.41, 5.74) is 1.31. The quantitative estimate of drug-likeness (QED) is 0.533. The largest absolute Gasteiger partial charge is 0.278 e. The lowest BCUT2D eigenvalue weighted by atomic mass is 10.1. The van der Waals surface area contributed by atoms with E-state index in [1.807, 2.05) is 11.8 Å². The van der Waals surface area contributed by atoms with E-state index in [1.165, 1.54) is 34.3 Å². The molecule has 0 amide bonds. The van der Waals surface area contributed by atoms with Crippen LogP contribution in [0.3, 0.4) is 0 Å². The predicted molar refractivity (Wildman–Crippen MR) is 74.3 cm³/mol. The summed E-state index contributed by atoms with van der Waals surface area (Å²) >= 11 is 1.97. The van der Waals surface area contributed by atoms with Gasteiger partial charge in [-0.2, -0.15) is 0 Å². The van der Waals surface area contributed by atoms with Gasteiger partial charge in [0.15, 0.2) is 0 Å². The Kier molecular flexibility index (Phi) is 5.50. The van der Waals surface area contributed by atoms with Crippen molar-refractivity contribution >= 4 is 11.8 Å². The first-order chi connectivity index (χ1) is 8.81. The summed E-state index contributed by atoms with van der Waals surface area (Å²) in [6, 6.07) is 8.82. The Morgan fingerprint density at radius 3 is 2.39 bits per heavy atom. The summed E-state index contributed by atoms with van der Waals surface area (Å²) in [5.74, 6) is 2.26. The highest BCUT2D eigenvalue weighted by atomic mass is 32.2. The standard InChI is InChI=1S/C14H21NO2S/c1-16-15(17-2)10-9-12-5-7-14(8-6-12)18-11-13-3-4-13/h5-8,13H,3-4,9-11H2,1-2H3. The Bertz CT molecular complexity index is 347. The Hall–Kier alpha value is -0.550. The smallest absolute Gasteiger partial charge is 0.0601 e. The molecule has 0 bridgehead atoms. The average Bonchev–Trinajstić information content (AvgIpc) is 3.23. The van der Waals surface area contributed by atoms with Gasteiger partial charge in [0.25, 0.3) is 0 Å². The normalized spacial score (nSPS) is 15.3. The van der Waals surface area contributed by atoms with Crippen LogP contribution in [-0.4, -0.2) is 31.7 Å². The van der Waals surface area contributed by atoms with Crippen LogP contribution in [0.1, 0.15) is 18.4 Å². The first-order valence-electron chi connectivity index (χ1n) is 6.39. The fraction of sp³-hybridized carbons (Fsp3) is 0.571. The van der Waals surface area contributed by atoms with E-state index < -0.39 is 0 Å². The monoisotopic (exact) mass is 267 g/mol. The van der Waals surface area contributed by atoms with Crippen LogP contribution in [0.25, 0.3) is 0 Å². The maximum absolute atomic E-state index is 5.02. The van der Waals surface area contributed by atoms with E-state index in [-0.39, 0.29) is 0 Å². The molecular formula is C14H21NO2S. The highest BCUT2D eigenvalue weighted by Crippen LogP contribution is 2.34. The van der Waals surface area contributed by atoms with Gasteiger partial charge >= 0.3 is 0 Å². The fourth-order valence-electron chi connectivity index (χ4n) is 1.73. The summed E-state index contributed by atoms with van der Waals surface area (Å²) in [4.78, 5) is 11.4. The highest BCUT2D eigenvalue weighted by molar-refractivity contribution is 7.99. The van der Waals surface area contributed by atoms with Crippen LogP contribution in [-0.2, 0) is 16.1 Å². The lowest BCUT2D eigenvalue weighted by Crippen LogP contribution is -2.23. The van der Waals surface area contributed by atoms with E-state index >= 15 is 0 Å². The number of rotatable bonds is 8. The molecule has 100 valence electrons. The van der Waals surface area contributed by atoms with Crippen molar-refractivity contribution in [1.29, 1.82) is 0 Å². The van der Waals surface area contributed by atoms with Crippen molar-refractivity contribution in [2.75, 3.05) is 26.5 Å². The topological polar surface area (TPSA) is 21.7 Å². The molecule has 1 fully saturated rings. The lowest BCUT2D eigenvalue weighted by molar-refractivity contribution is -0.341. The molecule has 0 unspecified atom stereocenters. The number of thioether (sulfide) groups is 1. The number of hydrogen-bond acceptors (Lipinski definition) is 4. The fourth-order valence-corrected chi connectivity index (χ4v) is 2.82. The molecule has 0 aliphatic heterocycles. The third-order valence-corrected chi connectivity index (χ3v) is 4.34. The van der Waals surface area contributed by atoms with E-state index in [0.29, 0.717) is 0 Å². The van der Waals surface area contributed by atoms with Gasteiger partial charge in [0.2, 0.25) is 0 Å². The van der Waals surface area contributed by atoms with E-state index in [2.05, 4.69) is 24.3 Å². The molecule has 0 radical (unpaired) electrons. The van der Waals surface area contributed by atoms with Crippen molar-refractivity contribution in [3.8, 4) is 0 Å². The SMILES string of the molecule is CON(CCc1ccc(SCC2CC2)cc1)OC. The zero-order valence-electron chi connectivity index (χ0n) is 11.1. The van der Waals surface area contributed by atoms with E-state index in [4.69, 9.17) is 9.68 Å². The zero-order chi connectivity index (χ0) is 12.8. The molecule has 1 aromatic carbocycles. The molecule has 4 heteroatoms. The zero-order valence-corrected chi connectivity index (χ0v) is 11.9. The summed E-state index contributed by atoms with van der Waals surface area (Å²) in [5, 5.41) is 1.48. The minimum Gasteiger partial charge on any atom is -0.278 e. The average molecular weight is 267 g/mol. The van der Waals surface area contributed by atoms with Gasteiger partial charge in [-0.05, 0) is 42.9 Å². The Balaban J connectivity index is 1.75. The molecule has 0 spiro atoms. The molecular weight excluding hydrogens is 246 g/mol.